The number of benzene rings is 1. The number of nitrogens with one attached hydrogen (secondary N) is 2. The summed E-state index contributed by atoms with van der Waals surface area (Å²) in [4.78, 5) is 12.9. The molecule has 24 heavy (non-hydrogen) atoms. The first kappa shape index (κ1) is 18.2. The molecule has 0 bridgehead atoms. The summed E-state index contributed by atoms with van der Waals surface area (Å²) in [5.41, 5.74) is 1.45. The maximum atomic E-state index is 12.9. The molecule has 2 N–H and O–H groups in total. The average molecular weight is 414 g/mol. The smallest absolute Gasteiger partial charge is 0.224 e. The zero-order valence-corrected chi connectivity index (χ0v) is 16.3. The van der Waals surface area contributed by atoms with Crippen LogP contribution in [0.15, 0.2) is 28.7 Å². The summed E-state index contributed by atoms with van der Waals surface area (Å²) in [5.74, 6) is 0.550. The molecule has 4 rings (SSSR count). The lowest BCUT2D eigenvalue weighted by molar-refractivity contribution is -0.125. The Balaban J connectivity index is 0.00000169. The summed E-state index contributed by atoms with van der Waals surface area (Å²) < 4.78 is 1.09. The molecule has 3 nitrogen and oxygen atoms in total. The van der Waals surface area contributed by atoms with Crippen LogP contribution in [0.4, 0.5) is 0 Å². The summed E-state index contributed by atoms with van der Waals surface area (Å²) >= 11 is 3.51. The summed E-state index contributed by atoms with van der Waals surface area (Å²) in [6, 6.07) is 8.52. The van der Waals surface area contributed by atoms with Crippen molar-refractivity contribution < 1.29 is 4.79 Å². The highest BCUT2D eigenvalue weighted by Gasteiger charge is 2.58. The molecule has 0 radical (unpaired) electrons. The molecule has 2 aliphatic carbocycles. The van der Waals surface area contributed by atoms with Gasteiger partial charge in [-0.1, -0.05) is 40.9 Å². The quantitative estimate of drug-likeness (QED) is 0.781. The van der Waals surface area contributed by atoms with Crippen LogP contribution < -0.4 is 10.6 Å². The average Bonchev–Trinajstić information content (AvgIpc) is 3.04. The van der Waals surface area contributed by atoms with Crippen LogP contribution in [-0.4, -0.2) is 19.0 Å². The minimum atomic E-state index is -0.130. The maximum absolute atomic E-state index is 12.9. The molecular weight excluding hydrogens is 388 g/mol. The molecule has 1 unspecified atom stereocenters. The van der Waals surface area contributed by atoms with Crippen molar-refractivity contribution in [3.05, 3.63) is 34.3 Å². The molecule has 1 aromatic rings. The Morgan fingerprint density at radius 2 is 1.71 bits per heavy atom. The van der Waals surface area contributed by atoms with Crippen molar-refractivity contribution in [1.29, 1.82) is 0 Å². The van der Waals surface area contributed by atoms with Crippen LogP contribution in [0.2, 0.25) is 0 Å². The number of rotatable bonds is 3. The standard InChI is InChI=1S/C19H25BrN2O.ClH/c20-15-5-3-14(4-6-15)19(7-1-2-8-19)22-17(23)16-13-18(16)9-11-21-12-10-18;/h3-6,16,21H,1-2,7-13H2,(H,22,23);1H. The van der Waals surface area contributed by atoms with Gasteiger partial charge >= 0.3 is 0 Å². The highest BCUT2D eigenvalue weighted by atomic mass is 79.9. The molecule has 0 aromatic heterocycles. The molecule has 1 amide bonds. The first-order valence-corrected chi connectivity index (χ1v) is 9.72. The number of hydrogen-bond acceptors (Lipinski definition) is 2. The van der Waals surface area contributed by atoms with Crippen molar-refractivity contribution in [3.8, 4) is 0 Å². The number of piperidine rings is 1. The second-order valence-electron chi connectivity index (χ2n) is 7.65. The third-order valence-corrected chi connectivity index (χ3v) is 6.85. The zero-order chi connectivity index (χ0) is 15.9. The molecule has 3 aliphatic rings. The minimum Gasteiger partial charge on any atom is -0.346 e. The maximum Gasteiger partial charge on any atom is 0.224 e. The van der Waals surface area contributed by atoms with Crippen molar-refractivity contribution in [1.82, 2.24) is 10.6 Å². The van der Waals surface area contributed by atoms with Gasteiger partial charge in [-0.2, -0.15) is 0 Å². The van der Waals surface area contributed by atoms with Crippen molar-refractivity contribution in [2.75, 3.05) is 13.1 Å². The SMILES string of the molecule is Cl.O=C(NC1(c2ccc(Br)cc2)CCCC1)C1CC12CCNCC2. The number of carbonyl (C=O) groups excluding carboxylic acids is 1. The number of halogens is 2. The van der Waals surface area contributed by atoms with E-state index in [0.29, 0.717) is 11.3 Å². The van der Waals surface area contributed by atoms with E-state index in [1.54, 1.807) is 0 Å². The van der Waals surface area contributed by atoms with E-state index in [2.05, 4.69) is 50.8 Å². The third-order valence-electron chi connectivity index (χ3n) is 6.32. The van der Waals surface area contributed by atoms with Gasteiger partial charge in [-0.15, -0.1) is 12.4 Å². The van der Waals surface area contributed by atoms with Gasteiger partial charge in [0.1, 0.15) is 0 Å². The van der Waals surface area contributed by atoms with Crippen molar-refractivity contribution in [3.63, 3.8) is 0 Å². The van der Waals surface area contributed by atoms with E-state index in [1.165, 1.54) is 18.4 Å². The summed E-state index contributed by atoms with van der Waals surface area (Å²) in [6.07, 6.45) is 7.97. The number of hydrogen-bond donors (Lipinski definition) is 2. The fourth-order valence-corrected chi connectivity index (χ4v) is 5.02. The van der Waals surface area contributed by atoms with Crippen LogP contribution in [0.25, 0.3) is 0 Å². The van der Waals surface area contributed by atoms with Gasteiger partial charge in [-0.25, -0.2) is 0 Å². The van der Waals surface area contributed by atoms with Crippen LogP contribution >= 0.6 is 28.3 Å². The fourth-order valence-electron chi connectivity index (χ4n) is 4.75. The highest BCUT2D eigenvalue weighted by Crippen LogP contribution is 2.59. The van der Waals surface area contributed by atoms with Gasteiger partial charge in [0.2, 0.25) is 5.91 Å². The Morgan fingerprint density at radius 1 is 1.08 bits per heavy atom. The van der Waals surface area contributed by atoms with Crippen LogP contribution in [0.5, 0.6) is 0 Å². The van der Waals surface area contributed by atoms with Gasteiger partial charge in [0, 0.05) is 10.4 Å². The first-order valence-electron chi connectivity index (χ1n) is 8.92. The molecule has 1 saturated heterocycles. The normalized spacial score (nSPS) is 26.6. The Bertz CT molecular complexity index is 592. The van der Waals surface area contributed by atoms with Gasteiger partial charge < -0.3 is 10.6 Å². The van der Waals surface area contributed by atoms with Gasteiger partial charge in [0.25, 0.3) is 0 Å². The molecule has 132 valence electrons. The molecule has 1 heterocycles. The predicted molar refractivity (Wildman–Crippen MR) is 102 cm³/mol. The fraction of sp³-hybridized carbons (Fsp3) is 0.632. The third kappa shape index (κ3) is 3.25. The Labute approximate surface area is 158 Å². The lowest BCUT2D eigenvalue weighted by atomic mass is 9.87. The minimum absolute atomic E-state index is 0. The second-order valence-corrected chi connectivity index (χ2v) is 8.57. The Hall–Kier alpha value is -0.580. The van der Waals surface area contributed by atoms with E-state index < -0.39 is 0 Å². The van der Waals surface area contributed by atoms with Gasteiger partial charge in [-0.3, -0.25) is 4.79 Å². The largest absolute Gasteiger partial charge is 0.346 e. The summed E-state index contributed by atoms with van der Waals surface area (Å²) in [5, 5.41) is 6.90. The van der Waals surface area contributed by atoms with Crippen molar-refractivity contribution in [2.45, 2.75) is 50.5 Å². The van der Waals surface area contributed by atoms with E-state index in [9.17, 15) is 4.79 Å². The topological polar surface area (TPSA) is 41.1 Å². The van der Waals surface area contributed by atoms with E-state index in [0.717, 1.165) is 49.7 Å². The van der Waals surface area contributed by atoms with E-state index in [4.69, 9.17) is 0 Å². The van der Waals surface area contributed by atoms with Crippen LogP contribution in [0.1, 0.15) is 50.5 Å². The summed E-state index contributed by atoms with van der Waals surface area (Å²) in [7, 11) is 0. The molecule has 3 fully saturated rings. The number of amides is 1. The molecule has 1 spiro atoms. The molecule has 5 heteroatoms. The second kappa shape index (κ2) is 6.97. The Morgan fingerprint density at radius 3 is 2.33 bits per heavy atom. The lowest BCUT2D eigenvalue weighted by Gasteiger charge is -2.32. The molecule has 1 atom stereocenters. The lowest BCUT2D eigenvalue weighted by Crippen LogP contribution is -2.45. The van der Waals surface area contributed by atoms with Gasteiger partial charge in [0.05, 0.1) is 5.54 Å². The summed E-state index contributed by atoms with van der Waals surface area (Å²) in [6.45, 7) is 2.14. The number of carbonyl (C=O) groups is 1. The van der Waals surface area contributed by atoms with E-state index >= 15 is 0 Å². The molecular formula is C19H26BrClN2O. The van der Waals surface area contributed by atoms with Crippen LogP contribution in [0, 0.1) is 11.3 Å². The Kier molecular flexibility index (Phi) is 5.29. The molecule has 1 aliphatic heterocycles. The van der Waals surface area contributed by atoms with Crippen LogP contribution in [0.3, 0.4) is 0 Å². The molecule has 2 saturated carbocycles. The monoisotopic (exact) mass is 412 g/mol. The predicted octanol–water partition coefficient (Wildman–Crippen LogP) is 4.15. The van der Waals surface area contributed by atoms with Gasteiger partial charge in [0.15, 0.2) is 0 Å². The van der Waals surface area contributed by atoms with Crippen molar-refractivity contribution in [2.24, 2.45) is 11.3 Å². The van der Waals surface area contributed by atoms with E-state index in [1.807, 2.05) is 0 Å². The highest BCUT2D eigenvalue weighted by molar-refractivity contribution is 9.10. The van der Waals surface area contributed by atoms with E-state index in [-0.39, 0.29) is 23.9 Å². The van der Waals surface area contributed by atoms with Crippen LogP contribution in [-0.2, 0) is 10.3 Å². The van der Waals surface area contributed by atoms with Gasteiger partial charge in [-0.05, 0) is 68.3 Å². The zero-order valence-electron chi connectivity index (χ0n) is 13.9. The first-order chi connectivity index (χ1) is 11.1. The van der Waals surface area contributed by atoms with Crippen molar-refractivity contribution >= 4 is 34.2 Å². The molecule has 1 aromatic carbocycles.